The van der Waals surface area contributed by atoms with Crippen LogP contribution in [0.15, 0.2) is 0 Å². The highest BCUT2D eigenvalue weighted by molar-refractivity contribution is 5.74. The van der Waals surface area contributed by atoms with Crippen LogP contribution in [0.1, 0.15) is 27.7 Å². The van der Waals surface area contributed by atoms with E-state index in [1.54, 1.807) is 0 Å². The molecule has 0 radical (unpaired) electrons. The second kappa shape index (κ2) is 40.3. The van der Waals surface area contributed by atoms with Crippen LogP contribution in [0.2, 0.25) is 0 Å². The molecule has 9 saturated heterocycles. The Hall–Kier alpha value is -3.80. The predicted molar refractivity (Wildman–Crippen MR) is 343 cm³/mol. The van der Waals surface area contributed by atoms with Gasteiger partial charge < -0.3 is 229 Å². The zero-order valence-electron chi connectivity index (χ0n) is 60.1. The Morgan fingerprint density at radius 3 is 0.830 bits per heavy atom. The third-order valence-corrected chi connectivity index (χ3v) is 20.4. The minimum atomic E-state index is -2.57. The van der Waals surface area contributed by atoms with Gasteiger partial charge in [-0.2, -0.15) is 0 Å². The van der Waals surface area contributed by atoms with Gasteiger partial charge in [0, 0.05) is 27.7 Å². The molecule has 0 aromatic heterocycles. The molecule has 9 aliphatic heterocycles. The Kier molecular flexibility index (Phi) is 33.1. The van der Waals surface area contributed by atoms with E-state index >= 15 is 0 Å². The first-order chi connectivity index (χ1) is 53.0. The van der Waals surface area contributed by atoms with E-state index in [0.717, 1.165) is 27.7 Å². The summed E-state index contributed by atoms with van der Waals surface area (Å²) in [6.45, 7) is -6.01. The monoisotopic (exact) mass is 1640 g/mol. The number of ether oxygens (including phenoxy) is 17. The number of aliphatic hydroxyl groups excluding tert-OH is 25. The molecule has 112 heavy (non-hydrogen) atoms. The van der Waals surface area contributed by atoms with Crippen LogP contribution >= 0.6 is 0 Å². The largest absolute Gasteiger partial charge is 0.394 e. The van der Waals surface area contributed by atoms with E-state index < -0.39 is 359 Å². The van der Waals surface area contributed by atoms with E-state index in [4.69, 9.17) is 80.5 Å². The highest BCUT2D eigenvalue weighted by Crippen LogP contribution is 2.40. The first kappa shape index (κ1) is 92.1. The lowest BCUT2D eigenvalue weighted by Gasteiger charge is -2.51. The van der Waals surface area contributed by atoms with Gasteiger partial charge in [-0.3, -0.25) is 19.2 Å². The molecule has 1 unspecified atom stereocenters. The highest BCUT2D eigenvalue weighted by Gasteiger charge is 2.61. The van der Waals surface area contributed by atoms with Crippen LogP contribution in [0.5, 0.6) is 0 Å². The van der Waals surface area contributed by atoms with Crippen molar-refractivity contribution in [1.82, 2.24) is 21.3 Å². The minimum Gasteiger partial charge on any atom is -0.394 e. The summed E-state index contributed by atoms with van der Waals surface area (Å²) in [5, 5.41) is 286. The zero-order chi connectivity index (χ0) is 82.5. The fourth-order valence-corrected chi connectivity index (χ4v) is 14.5. The smallest absolute Gasteiger partial charge is 0.217 e. The van der Waals surface area contributed by atoms with Crippen molar-refractivity contribution in [3.63, 3.8) is 0 Å². The van der Waals surface area contributed by atoms with E-state index in [0.29, 0.717) is 0 Å². The Balaban J connectivity index is 1.05. The Morgan fingerprint density at radius 2 is 0.482 bits per heavy atom. The van der Waals surface area contributed by atoms with E-state index in [-0.39, 0.29) is 0 Å². The van der Waals surface area contributed by atoms with Gasteiger partial charge in [-0.05, 0) is 0 Å². The van der Waals surface area contributed by atoms with E-state index in [2.05, 4.69) is 21.3 Å². The van der Waals surface area contributed by atoms with E-state index in [1.807, 2.05) is 0 Å². The molecule has 9 rings (SSSR count). The van der Waals surface area contributed by atoms with Crippen molar-refractivity contribution in [2.24, 2.45) is 0 Å². The number of aliphatic hydroxyl groups is 25. The summed E-state index contributed by atoms with van der Waals surface area (Å²) in [4.78, 5) is 50.9. The summed E-state index contributed by atoms with van der Waals surface area (Å²) in [6.07, 6.45) is -85.1. The second-order valence-electron chi connectivity index (χ2n) is 28.2. The minimum absolute atomic E-state index is 0.788. The van der Waals surface area contributed by atoms with Gasteiger partial charge in [0.1, 0.15) is 219 Å². The number of carbonyl (C=O) groups excluding carboxylic acids is 4. The first-order valence-electron chi connectivity index (χ1n) is 35.6. The molecule has 9 fully saturated rings. The standard InChI is InChI=1S/C62H104N4O46/c1-14(75)63-27-36(84)47(22(9-71)97-54(27)95)106-55-28(64-15(2)76)37(85)50(25(12-74)102-55)109-60-46(94)51(110-62-53(43(91)34(82)21(8-70)101-62)112-57-30(66-17(4)78)39(87)49(24(11-73)104-57)108-59-45(93)41(89)32(80)19(6-68)99-59)35(83)26(105-60)13-96-61-52(42(90)33(81)20(7-69)100-61)111-56-29(65-16(3)77)38(86)48(23(10-72)103-56)107-58-44(92)40(88)31(79)18(5-67)98-58/h18-62,67-74,79-95H,5-13H2,1-4H3,(H,63,75)(H,64,76)(H,65,77)(H,66,78)/t18-,19-,20-,21-,22-,23-,24-,25-,26-,27-,28-,29-,30-,31-,32-,33-,34-,35-,36-,37-,38-,39-,40+,41+,42+,43+,44-,45-,46+,47-,48-,49-,50-,51+,52+,53+,54?,55+,56+,57+,58+,59+,60+,61+,62-/m1/s1. The van der Waals surface area contributed by atoms with Crippen LogP contribution in [0, 0.1) is 0 Å². The highest BCUT2D eigenvalue weighted by atomic mass is 16.8. The van der Waals surface area contributed by atoms with Crippen LogP contribution in [-0.4, -0.2) is 487 Å². The lowest BCUT2D eigenvalue weighted by molar-refractivity contribution is -0.399. The number of hydrogen-bond acceptors (Lipinski definition) is 46. The average Bonchev–Trinajstić information content (AvgIpc) is 0.769. The van der Waals surface area contributed by atoms with Crippen molar-refractivity contribution in [2.45, 2.75) is 304 Å². The molecule has 50 heteroatoms. The molecule has 0 aromatic carbocycles. The summed E-state index contributed by atoms with van der Waals surface area (Å²) in [5.41, 5.74) is 0. The summed E-state index contributed by atoms with van der Waals surface area (Å²) in [7, 11) is 0. The average molecular weight is 1640 g/mol. The van der Waals surface area contributed by atoms with Crippen molar-refractivity contribution < 1.29 is 227 Å². The number of amides is 4. The van der Waals surface area contributed by atoms with E-state index in [9.17, 15) is 147 Å². The van der Waals surface area contributed by atoms with Crippen LogP contribution in [0.4, 0.5) is 0 Å². The Morgan fingerprint density at radius 1 is 0.232 bits per heavy atom. The molecule has 0 aromatic rings. The quantitative estimate of drug-likeness (QED) is 0.0331. The fraction of sp³-hybridized carbons (Fsp3) is 0.935. The van der Waals surface area contributed by atoms with Gasteiger partial charge in [-0.1, -0.05) is 0 Å². The molecule has 9 aliphatic rings. The normalized spacial score (nSPS) is 48.9. The van der Waals surface area contributed by atoms with Gasteiger partial charge in [-0.15, -0.1) is 0 Å². The molecule has 0 spiro atoms. The third-order valence-electron chi connectivity index (χ3n) is 20.4. The van der Waals surface area contributed by atoms with Crippen molar-refractivity contribution in [1.29, 1.82) is 0 Å². The molecule has 0 bridgehead atoms. The number of carbonyl (C=O) groups is 4. The maximum Gasteiger partial charge on any atom is 0.217 e. The molecule has 4 amide bonds. The summed E-state index contributed by atoms with van der Waals surface area (Å²) < 4.78 is 101. The Bertz CT molecular complexity index is 2970. The number of nitrogens with one attached hydrogen (secondary N) is 4. The van der Waals surface area contributed by atoms with Crippen molar-refractivity contribution in [3.05, 3.63) is 0 Å². The Labute approximate surface area is 634 Å². The lowest BCUT2D eigenvalue weighted by Crippen LogP contribution is -2.71. The van der Waals surface area contributed by atoms with Crippen LogP contribution in [0.3, 0.4) is 0 Å². The maximum absolute atomic E-state index is 13.0. The van der Waals surface area contributed by atoms with Gasteiger partial charge in [-0.25, -0.2) is 0 Å². The van der Waals surface area contributed by atoms with Gasteiger partial charge in [0.2, 0.25) is 23.6 Å². The topological polar surface area (TPSA) is 779 Å². The number of hydrogen-bond donors (Lipinski definition) is 29. The predicted octanol–water partition coefficient (Wildman–Crippen LogP) is -20.1. The van der Waals surface area contributed by atoms with Gasteiger partial charge >= 0.3 is 0 Å². The summed E-state index contributed by atoms with van der Waals surface area (Å²) in [6, 6.07) is -7.42. The molecular weight excluding hydrogens is 1540 g/mol. The van der Waals surface area contributed by atoms with Crippen LogP contribution < -0.4 is 21.3 Å². The summed E-state index contributed by atoms with van der Waals surface area (Å²) >= 11 is 0. The van der Waals surface area contributed by atoms with Gasteiger partial charge in [0.25, 0.3) is 0 Å². The zero-order valence-corrected chi connectivity index (χ0v) is 60.1. The first-order valence-corrected chi connectivity index (χ1v) is 35.6. The van der Waals surface area contributed by atoms with Crippen molar-refractivity contribution >= 4 is 23.6 Å². The SMILES string of the molecule is CC(=O)N[C@H]1[C@H](O[C@H]2[C@H](O)[C@@H](NC(C)=O)C(O)O[C@@H]2CO)O[C@H](CO)[C@@H](O[C@@H]2O[C@H](CO[C@H]3O[C@H](CO)[C@@H](O)[C@H](O)[C@@H]3O[C@@H]3O[C@H](CO)[C@@H](O[C@@H]4O[C@H](CO)[C@@H](O)[C@H](O)[C@H]4O)[C@H](O)[C@H]3NC(C)=O)[C@@H](O)[C@H](O[C@H]3O[C@H](CO)[C@@H](O)[C@H](O)[C@@H]3O[C@@H]3O[C@H](CO)[C@@H](O[C@@H]4O[C@H](CO)[C@@H](O)[C@H](O)[C@H]4O)[C@H](O)[C@H]3NC(C)=O)[C@@H]2O)[C@@H]1O. The summed E-state index contributed by atoms with van der Waals surface area (Å²) in [5.74, 6) is -3.62. The molecule has 9 heterocycles. The molecular formula is C62H104N4O46. The molecule has 29 N–H and O–H groups in total. The second-order valence-corrected chi connectivity index (χ2v) is 28.2. The fourth-order valence-electron chi connectivity index (χ4n) is 14.5. The molecule has 648 valence electrons. The number of rotatable bonds is 29. The third kappa shape index (κ3) is 20.2. The van der Waals surface area contributed by atoms with Gasteiger partial charge in [0.15, 0.2) is 56.6 Å². The van der Waals surface area contributed by atoms with Crippen molar-refractivity contribution in [3.8, 4) is 0 Å². The van der Waals surface area contributed by atoms with Gasteiger partial charge in [0.05, 0.1) is 59.5 Å². The van der Waals surface area contributed by atoms with Crippen molar-refractivity contribution in [2.75, 3.05) is 59.5 Å². The van der Waals surface area contributed by atoms with Crippen LogP contribution in [0.25, 0.3) is 0 Å². The van der Waals surface area contributed by atoms with Crippen LogP contribution in [-0.2, 0) is 99.7 Å². The molecule has 45 atom stereocenters. The van der Waals surface area contributed by atoms with E-state index in [1.165, 1.54) is 0 Å². The molecule has 0 saturated carbocycles. The molecule has 0 aliphatic carbocycles. The maximum atomic E-state index is 13.0. The lowest BCUT2D eigenvalue weighted by atomic mass is 9.93. The molecule has 50 nitrogen and oxygen atoms in total.